The second-order valence-electron chi connectivity index (χ2n) is 7.11. The Kier molecular flexibility index (Phi) is 3.52. The zero-order chi connectivity index (χ0) is 13.7. The number of ether oxygens (including phenoxy) is 1. The fraction of sp³-hybridized carbons (Fsp3) is 0.857. The molecule has 2 rings (SSSR count). The fourth-order valence-electron chi connectivity index (χ4n) is 2.40. The Balaban J connectivity index is 2.11. The lowest BCUT2D eigenvalue weighted by Gasteiger charge is -2.42. The van der Waals surface area contributed by atoms with Gasteiger partial charge in [-0.15, -0.1) is 6.58 Å². The molecule has 0 bridgehead atoms. The number of epoxide rings is 1. The average molecular weight is 270 g/mol. The topological polar surface area (TPSA) is 42.0 Å². The quantitative estimate of drug-likeness (QED) is 0.487. The summed E-state index contributed by atoms with van der Waals surface area (Å²) in [5.41, 5.74) is 0. The van der Waals surface area contributed by atoms with E-state index in [0.29, 0.717) is 6.42 Å². The Hall–Kier alpha value is -0.163. The van der Waals surface area contributed by atoms with Crippen LogP contribution in [0.2, 0.25) is 18.1 Å². The van der Waals surface area contributed by atoms with Crippen LogP contribution in [0.4, 0.5) is 0 Å². The van der Waals surface area contributed by atoms with Crippen LogP contribution in [0.15, 0.2) is 12.7 Å². The molecule has 0 amide bonds. The summed E-state index contributed by atoms with van der Waals surface area (Å²) in [6.07, 6.45) is 2.43. The molecule has 5 atom stereocenters. The Bertz CT molecular complexity index is 334. The van der Waals surface area contributed by atoms with E-state index in [4.69, 9.17) is 9.16 Å². The molecule has 1 saturated heterocycles. The van der Waals surface area contributed by atoms with E-state index in [1.165, 1.54) is 0 Å². The molecule has 1 aliphatic carbocycles. The molecule has 18 heavy (non-hydrogen) atoms. The van der Waals surface area contributed by atoms with Crippen LogP contribution in [0, 0.1) is 5.92 Å². The van der Waals surface area contributed by atoms with E-state index in [1.54, 1.807) is 0 Å². The minimum absolute atomic E-state index is 0.00373. The summed E-state index contributed by atoms with van der Waals surface area (Å²) in [6, 6.07) is 0. The van der Waals surface area contributed by atoms with Gasteiger partial charge in [-0.25, -0.2) is 0 Å². The van der Waals surface area contributed by atoms with Gasteiger partial charge in [0, 0.05) is 5.92 Å². The molecule has 2 fully saturated rings. The molecule has 104 valence electrons. The van der Waals surface area contributed by atoms with Gasteiger partial charge in [-0.05, 0) is 24.6 Å². The van der Waals surface area contributed by atoms with Crippen LogP contribution in [0.1, 0.15) is 27.2 Å². The number of rotatable bonds is 3. The second-order valence-corrected chi connectivity index (χ2v) is 11.9. The van der Waals surface area contributed by atoms with Crippen molar-refractivity contribution in [3.05, 3.63) is 12.7 Å². The molecular formula is C14H26O3Si. The molecule has 1 heterocycles. The van der Waals surface area contributed by atoms with Gasteiger partial charge in [-0.3, -0.25) is 0 Å². The number of fused-ring (bicyclic) bond motifs is 1. The molecule has 1 aliphatic heterocycles. The number of aliphatic hydroxyl groups excluding tert-OH is 1. The van der Waals surface area contributed by atoms with E-state index in [1.807, 2.05) is 6.08 Å². The maximum atomic E-state index is 9.88. The predicted octanol–water partition coefficient (Wildman–Crippen LogP) is 2.71. The Labute approximate surface area is 111 Å². The maximum absolute atomic E-state index is 9.88. The van der Waals surface area contributed by atoms with Gasteiger partial charge in [0.15, 0.2) is 8.32 Å². The fourth-order valence-corrected chi connectivity index (χ4v) is 3.75. The highest BCUT2D eigenvalue weighted by atomic mass is 28.4. The normalized spacial score (nSPS) is 40.2. The van der Waals surface area contributed by atoms with Crippen molar-refractivity contribution in [2.45, 2.75) is 69.7 Å². The van der Waals surface area contributed by atoms with Crippen molar-refractivity contribution in [3.8, 4) is 0 Å². The van der Waals surface area contributed by atoms with Gasteiger partial charge in [0.25, 0.3) is 0 Å². The van der Waals surface area contributed by atoms with Gasteiger partial charge < -0.3 is 14.3 Å². The van der Waals surface area contributed by atoms with Crippen molar-refractivity contribution in [3.63, 3.8) is 0 Å². The molecule has 1 N–H and O–H groups in total. The van der Waals surface area contributed by atoms with E-state index in [2.05, 4.69) is 40.4 Å². The third-order valence-electron chi connectivity index (χ3n) is 4.74. The zero-order valence-electron chi connectivity index (χ0n) is 12.1. The highest BCUT2D eigenvalue weighted by Gasteiger charge is 2.57. The van der Waals surface area contributed by atoms with Crippen LogP contribution in [0.25, 0.3) is 0 Å². The summed E-state index contributed by atoms with van der Waals surface area (Å²) in [4.78, 5) is 0. The molecular weight excluding hydrogens is 244 g/mol. The first kappa shape index (κ1) is 14.3. The highest BCUT2D eigenvalue weighted by molar-refractivity contribution is 6.74. The SMILES string of the molecule is C=C[C@@H]1C[C@@H](O)[C@@H]2O[C@@H]2[C@H]1O[Si](C)(C)C(C)(C)C. The van der Waals surface area contributed by atoms with Crippen molar-refractivity contribution >= 4 is 8.32 Å². The van der Waals surface area contributed by atoms with E-state index in [9.17, 15) is 5.11 Å². The standard InChI is InChI=1S/C14H26O3Si/c1-7-9-8-10(15)12-13(16-12)11(9)17-18(5,6)14(2,3)4/h7,9-13,15H,1,8H2,2-6H3/t9-,10-,11+,12+,13-/m1/s1. The van der Waals surface area contributed by atoms with E-state index >= 15 is 0 Å². The molecule has 2 aliphatic rings. The van der Waals surface area contributed by atoms with Crippen LogP contribution in [-0.2, 0) is 9.16 Å². The minimum Gasteiger partial charge on any atom is -0.411 e. The third kappa shape index (κ3) is 2.44. The molecule has 4 heteroatoms. The third-order valence-corrected chi connectivity index (χ3v) is 9.21. The monoisotopic (exact) mass is 270 g/mol. The lowest BCUT2D eigenvalue weighted by Crippen LogP contribution is -2.50. The van der Waals surface area contributed by atoms with Crippen LogP contribution in [-0.4, -0.2) is 37.8 Å². The maximum Gasteiger partial charge on any atom is 0.192 e. The molecule has 0 aromatic rings. The summed E-state index contributed by atoms with van der Waals surface area (Å²) in [5.74, 6) is 0.206. The Morgan fingerprint density at radius 2 is 1.94 bits per heavy atom. The first-order valence-electron chi connectivity index (χ1n) is 6.81. The van der Waals surface area contributed by atoms with Crippen molar-refractivity contribution in [1.29, 1.82) is 0 Å². The molecule has 0 spiro atoms. The van der Waals surface area contributed by atoms with Crippen molar-refractivity contribution in [1.82, 2.24) is 0 Å². The summed E-state index contributed by atoms with van der Waals surface area (Å²) in [5, 5.41) is 10.1. The van der Waals surface area contributed by atoms with Crippen LogP contribution >= 0.6 is 0 Å². The zero-order valence-corrected chi connectivity index (χ0v) is 13.1. The number of hydrogen-bond acceptors (Lipinski definition) is 3. The van der Waals surface area contributed by atoms with Gasteiger partial charge in [0.05, 0.1) is 12.2 Å². The molecule has 0 unspecified atom stereocenters. The van der Waals surface area contributed by atoms with Crippen molar-refractivity contribution < 1.29 is 14.3 Å². The van der Waals surface area contributed by atoms with Crippen LogP contribution in [0.5, 0.6) is 0 Å². The molecule has 3 nitrogen and oxygen atoms in total. The average Bonchev–Trinajstić information content (AvgIpc) is 3.00. The first-order valence-corrected chi connectivity index (χ1v) is 9.72. The van der Waals surface area contributed by atoms with Crippen LogP contribution < -0.4 is 0 Å². The highest BCUT2D eigenvalue weighted by Crippen LogP contribution is 2.46. The van der Waals surface area contributed by atoms with Gasteiger partial charge in [0.1, 0.15) is 12.2 Å². The summed E-state index contributed by atoms with van der Waals surface area (Å²) < 4.78 is 12.1. The first-order chi connectivity index (χ1) is 8.17. The lowest BCUT2D eigenvalue weighted by molar-refractivity contribution is 0.0556. The van der Waals surface area contributed by atoms with E-state index in [-0.39, 0.29) is 35.4 Å². The minimum atomic E-state index is -1.80. The summed E-state index contributed by atoms with van der Waals surface area (Å²) >= 11 is 0. The Morgan fingerprint density at radius 3 is 2.44 bits per heavy atom. The van der Waals surface area contributed by atoms with E-state index in [0.717, 1.165) is 0 Å². The molecule has 0 aromatic carbocycles. The van der Waals surface area contributed by atoms with Gasteiger partial charge in [-0.2, -0.15) is 0 Å². The molecule has 0 radical (unpaired) electrons. The Morgan fingerprint density at radius 1 is 1.33 bits per heavy atom. The number of aliphatic hydroxyl groups is 1. The van der Waals surface area contributed by atoms with Crippen LogP contribution in [0.3, 0.4) is 0 Å². The van der Waals surface area contributed by atoms with E-state index < -0.39 is 8.32 Å². The second kappa shape index (κ2) is 4.44. The number of hydrogen-bond donors (Lipinski definition) is 1. The summed E-state index contributed by atoms with van der Waals surface area (Å²) in [6.45, 7) is 15.1. The van der Waals surface area contributed by atoms with Gasteiger partial charge in [0.2, 0.25) is 0 Å². The van der Waals surface area contributed by atoms with Crippen molar-refractivity contribution in [2.75, 3.05) is 0 Å². The van der Waals surface area contributed by atoms with Crippen molar-refractivity contribution in [2.24, 2.45) is 5.92 Å². The van der Waals surface area contributed by atoms with Gasteiger partial charge in [-0.1, -0.05) is 26.8 Å². The largest absolute Gasteiger partial charge is 0.411 e. The van der Waals surface area contributed by atoms with Gasteiger partial charge >= 0.3 is 0 Å². The summed E-state index contributed by atoms with van der Waals surface area (Å²) in [7, 11) is -1.80. The lowest BCUT2D eigenvalue weighted by atomic mass is 9.85. The predicted molar refractivity (Wildman–Crippen MR) is 75.0 cm³/mol. The molecule has 0 aromatic heterocycles. The smallest absolute Gasteiger partial charge is 0.192 e. The molecule has 1 saturated carbocycles.